The molecule has 28 heavy (non-hydrogen) atoms. The maximum atomic E-state index is 12.9. The van der Waals surface area contributed by atoms with Gasteiger partial charge in [0, 0.05) is 17.6 Å². The number of rotatable bonds is 6. The van der Waals surface area contributed by atoms with Crippen LogP contribution in [0.25, 0.3) is 0 Å². The summed E-state index contributed by atoms with van der Waals surface area (Å²) in [6.45, 7) is 3.51. The predicted octanol–water partition coefficient (Wildman–Crippen LogP) is 2.94. The second-order valence-electron chi connectivity index (χ2n) is 8.88. The van der Waals surface area contributed by atoms with Gasteiger partial charge >= 0.3 is 0 Å². The molecule has 6 nitrogen and oxygen atoms in total. The van der Waals surface area contributed by atoms with Gasteiger partial charge in [0.15, 0.2) is 0 Å². The first kappa shape index (κ1) is 19.7. The zero-order valence-corrected chi connectivity index (χ0v) is 17.6. The molecule has 5 unspecified atom stereocenters. The van der Waals surface area contributed by atoms with Crippen LogP contribution in [0, 0.1) is 23.7 Å². The Morgan fingerprint density at radius 1 is 1.14 bits per heavy atom. The summed E-state index contributed by atoms with van der Waals surface area (Å²) in [5, 5.41) is 3.20. The summed E-state index contributed by atoms with van der Waals surface area (Å²) in [5.74, 6) is 3.02. The van der Waals surface area contributed by atoms with Crippen LogP contribution in [0.15, 0.2) is 23.1 Å². The van der Waals surface area contributed by atoms with Crippen LogP contribution in [0.2, 0.25) is 0 Å². The average Bonchev–Trinajstić information content (AvgIpc) is 3.33. The molecule has 3 aliphatic rings. The van der Waals surface area contributed by atoms with Gasteiger partial charge in [0.2, 0.25) is 10.0 Å². The second kappa shape index (κ2) is 7.34. The Balaban J connectivity index is 1.53. The van der Waals surface area contributed by atoms with Crippen LogP contribution in [0.1, 0.15) is 56.3 Å². The topological polar surface area (TPSA) is 84.5 Å². The maximum absolute atomic E-state index is 12.9. The van der Waals surface area contributed by atoms with E-state index in [-0.39, 0.29) is 28.6 Å². The molecule has 1 aromatic rings. The lowest BCUT2D eigenvalue weighted by molar-refractivity contribution is 0.0901. The minimum atomic E-state index is -3.76. The molecule has 4 rings (SSSR count). The van der Waals surface area contributed by atoms with Gasteiger partial charge in [-0.1, -0.05) is 6.42 Å². The van der Waals surface area contributed by atoms with Crippen molar-refractivity contribution in [1.29, 1.82) is 0 Å². The standard InChI is InChI=1S/C21H30N2O4S/c1-12(2)23-28(25,26)20-11-13(7-8-19(20)27-3)21(24)22-18-10-14-9-17(18)16-6-4-5-15(14)16/h7-8,11-12,14-18,23H,4-6,9-10H2,1-3H3,(H,22,24). The number of hydrogen-bond donors (Lipinski definition) is 2. The van der Waals surface area contributed by atoms with E-state index in [1.165, 1.54) is 38.9 Å². The summed E-state index contributed by atoms with van der Waals surface area (Å²) in [6, 6.07) is 4.57. The van der Waals surface area contributed by atoms with E-state index in [1.54, 1.807) is 26.0 Å². The average molecular weight is 407 g/mol. The first-order chi connectivity index (χ1) is 13.3. The van der Waals surface area contributed by atoms with Crippen LogP contribution in [-0.4, -0.2) is 33.5 Å². The van der Waals surface area contributed by atoms with Gasteiger partial charge in [-0.25, -0.2) is 13.1 Å². The molecule has 3 fully saturated rings. The Morgan fingerprint density at radius 2 is 1.89 bits per heavy atom. The molecular formula is C21H30N2O4S. The van der Waals surface area contributed by atoms with Gasteiger partial charge in [0.05, 0.1) is 7.11 Å². The van der Waals surface area contributed by atoms with E-state index in [9.17, 15) is 13.2 Å². The molecule has 0 radical (unpaired) electrons. The number of nitrogens with one attached hydrogen (secondary N) is 2. The molecule has 0 aromatic heterocycles. The number of benzene rings is 1. The lowest BCUT2D eigenvalue weighted by atomic mass is 9.79. The van der Waals surface area contributed by atoms with Gasteiger partial charge in [-0.15, -0.1) is 0 Å². The normalized spacial score (nSPS) is 31.2. The van der Waals surface area contributed by atoms with Gasteiger partial charge in [0.25, 0.3) is 5.91 Å². The summed E-state index contributed by atoms with van der Waals surface area (Å²) in [6.07, 6.45) is 6.28. The Morgan fingerprint density at radius 3 is 2.61 bits per heavy atom. The van der Waals surface area contributed by atoms with Crippen LogP contribution in [-0.2, 0) is 10.0 Å². The van der Waals surface area contributed by atoms with E-state index >= 15 is 0 Å². The zero-order chi connectivity index (χ0) is 20.1. The summed E-state index contributed by atoms with van der Waals surface area (Å²) < 4.78 is 33.1. The van der Waals surface area contributed by atoms with E-state index in [1.807, 2.05) is 0 Å². The third-order valence-corrected chi connectivity index (χ3v) is 8.53. The largest absolute Gasteiger partial charge is 0.495 e. The first-order valence-electron chi connectivity index (χ1n) is 10.3. The van der Waals surface area contributed by atoms with Crippen molar-refractivity contribution < 1.29 is 17.9 Å². The SMILES string of the molecule is COc1ccc(C(=O)NC2CC3CC2C2CCCC32)cc1S(=O)(=O)NC(C)C. The van der Waals surface area contributed by atoms with Crippen molar-refractivity contribution in [1.82, 2.24) is 10.0 Å². The molecule has 0 heterocycles. The summed E-state index contributed by atoms with van der Waals surface area (Å²) >= 11 is 0. The van der Waals surface area contributed by atoms with E-state index in [2.05, 4.69) is 10.0 Å². The lowest BCUT2D eigenvalue weighted by Crippen LogP contribution is -2.42. The highest BCUT2D eigenvalue weighted by Gasteiger charge is 2.54. The molecule has 154 valence electrons. The van der Waals surface area contributed by atoms with Crippen LogP contribution >= 0.6 is 0 Å². The first-order valence-corrected chi connectivity index (χ1v) is 11.8. The third kappa shape index (κ3) is 3.43. The summed E-state index contributed by atoms with van der Waals surface area (Å²) in [5.41, 5.74) is 0.357. The highest BCUT2D eigenvalue weighted by atomic mass is 32.2. The predicted molar refractivity (Wildman–Crippen MR) is 107 cm³/mol. The fourth-order valence-electron chi connectivity index (χ4n) is 5.89. The number of sulfonamides is 1. The lowest BCUT2D eigenvalue weighted by Gasteiger charge is -2.32. The van der Waals surface area contributed by atoms with Crippen molar-refractivity contribution in [2.75, 3.05) is 7.11 Å². The van der Waals surface area contributed by atoms with Crippen LogP contribution < -0.4 is 14.8 Å². The monoisotopic (exact) mass is 406 g/mol. The Bertz CT molecular complexity index is 867. The van der Waals surface area contributed by atoms with E-state index in [0.29, 0.717) is 11.5 Å². The van der Waals surface area contributed by atoms with E-state index in [0.717, 1.165) is 24.2 Å². The molecule has 1 amide bonds. The van der Waals surface area contributed by atoms with E-state index in [4.69, 9.17) is 4.74 Å². The van der Waals surface area contributed by atoms with E-state index < -0.39 is 10.0 Å². The Labute approximate surface area is 167 Å². The molecule has 0 saturated heterocycles. The summed E-state index contributed by atoms with van der Waals surface area (Å²) in [7, 11) is -2.33. The van der Waals surface area contributed by atoms with Gasteiger partial charge in [-0.3, -0.25) is 4.79 Å². The fraction of sp³-hybridized carbons (Fsp3) is 0.667. The van der Waals surface area contributed by atoms with Gasteiger partial charge in [-0.2, -0.15) is 0 Å². The van der Waals surface area contributed by atoms with Crippen molar-refractivity contribution >= 4 is 15.9 Å². The molecule has 0 spiro atoms. The highest BCUT2D eigenvalue weighted by molar-refractivity contribution is 7.89. The number of ether oxygens (including phenoxy) is 1. The van der Waals surface area contributed by atoms with Crippen LogP contribution in [0.3, 0.4) is 0 Å². The summed E-state index contributed by atoms with van der Waals surface area (Å²) in [4.78, 5) is 12.9. The Kier molecular flexibility index (Phi) is 5.16. The highest BCUT2D eigenvalue weighted by Crippen LogP contribution is 2.58. The van der Waals surface area contributed by atoms with Gasteiger partial charge in [-0.05, 0) is 81.4 Å². The Hall–Kier alpha value is -1.60. The molecule has 2 N–H and O–H groups in total. The van der Waals surface area contributed by atoms with Crippen molar-refractivity contribution in [3.05, 3.63) is 23.8 Å². The van der Waals surface area contributed by atoms with Crippen molar-refractivity contribution in [3.63, 3.8) is 0 Å². The van der Waals surface area contributed by atoms with Gasteiger partial charge < -0.3 is 10.1 Å². The molecule has 0 aliphatic heterocycles. The number of fused-ring (bicyclic) bond motifs is 5. The van der Waals surface area contributed by atoms with Crippen molar-refractivity contribution in [2.24, 2.45) is 23.7 Å². The maximum Gasteiger partial charge on any atom is 0.251 e. The van der Waals surface area contributed by atoms with Crippen molar-refractivity contribution in [3.8, 4) is 5.75 Å². The number of amides is 1. The fourth-order valence-corrected chi connectivity index (χ4v) is 7.33. The number of hydrogen-bond acceptors (Lipinski definition) is 4. The molecule has 1 aromatic carbocycles. The molecular weight excluding hydrogens is 376 g/mol. The smallest absolute Gasteiger partial charge is 0.251 e. The molecule has 3 aliphatic carbocycles. The number of methoxy groups -OCH3 is 1. The number of carbonyl (C=O) groups is 1. The van der Waals surface area contributed by atoms with Gasteiger partial charge in [0.1, 0.15) is 10.6 Å². The third-order valence-electron chi connectivity index (χ3n) is 6.85. The number of carbonyl (C=O) groups excluding carboxylic acids is 1. The van der Waals surface area contributed by atoms with Crippen LogP contribution in [0.5, 0.6) is 5.75 Å². The quantitative estimate of drug-likeness (QED) is 0.761. The van der Waals surface area contributed by atoms with Crippen LogP contribution in [0.4, 0.5) is 0 Å². The zero-order valence-electron chi connectivity index (χ0n) is 16.8. The molecule has 7 heteroatoms. The molecule has 3 saturated carbocycles. The van der Waals surface area contributed by atoms with Crippen molar-refractivity contribution in [2.45, 2.75) is 62.9 Å². The second-order valence-corrected chi connectivity index (χ2v) is 10.6. The molecule has 5 atom stereocenters. The molecule has 2 bridgehead atoms. The minimum absolute atomic E-state index is 0.000138. The minimum Gasteiger partial charge on any atom is -0.495 e.